The van der Waals surface area contributed by atoms with Gasteiger partial charge in [-0.05, 0) is 49.6 Å². The summed E-state index contributed by atoms with van der Waals surface area (Å²) < 4.78 is 5.44. The molecule has 2 N–H and O–H groups in total. The van der Waals surface area contributed by atoms with Gasteiger partial charge in [-0.3, -0.25) is 14.4 Å². The zero-order chi connectivity index (χ0) is 22.5. The molecule has 3 amide bonds. The van der Waals surface area contributed by atoms with Gasteiger partial charge in [-0.15, -0.1) is 11.3 Å². The van der Waals surface area contributed by atoms with Crippen molar-refractivity contribution in [2.75, 3.05) is 30.4 Å². The van der Waals surface area contributed by atoms with Crippen LogP contribution in [-0.2, 0) is 25.5 Å². The second kappa shape index (κ2) is 10.1. The van der Waals surface area contributed by atoms with Crippen molar-refractivity contribution in [3.8, 4) is 0 Å². The number of ether oxygens (including phenoxy) is 1. The van der Waals surface area contributed by atoms with E-state index in [-0.39, 0.29) is 24.5 Å². The largest absolute Gasteiger partial charge is 0.374 e. The fourth-order valence-electron chi connectivity index (χ4n) is 3.57. The zero-order valence-electron chi connectivity index (χ0n) is 18.4. The normalized spacial score (nSPS) is 14.2. The van der Waals surface area contributed by atoms with E-state index in [0.29, 0.717) is 12.2 Å². The quantitative estimate of drug-likeness (QED) is 0.670. The monoisotopic (exact) mass is 443 g/mol. The van der Waals surface area contributed by atoms with Gasteiger partial charge in [0.15, 0.2) is 0 Å². The summed E-state index contributed by atoms with van der Waals surface area (Å²) in [6.45, 7) is 6.60. The number of amides is 3. The Morgan fingerprint density at radius 3 is 2.58 bits per heavy atom. The average molecular weight is 444 g/mol. The number of carbonyl (C=O) groups is 3. The van der Waals surface area contributed by atoms with Crippen LogP contribution in [0.2, 0.25) is 0 Å². The molecule has 0 saturated carbocycles. The van der Waals surface area contributed by atoms with E-state index in [1.54, 1.807) is 35.5 Å². The van der Waals surface area contributed by atoms with E-state index in [0.717, 1.165) is 33.8 Å². The van der Waals surface area contributed by atoms with Crippen LogP contribution in [0.25, 0.3) is 0 Å². The molecule has 1 aromatic carbocycles. The summed E-state index contributed by atoms with van der Waals surface area (Å²) in [6, 6.07) is 9.39. The molecule has 1 aromatic heterocycles. The fraction of sp³-hybridized carbons (Fsp3) is 0.435. The molecule has 2 aromatic rings. The van der Waals surface area contributed by atoms with E-state index >= 15 is 0 Å². The van der Waals surface area contributed by atoms with Crippen LogP contribution in [0.3, 0.4) is 0 Å². The van der Waals surface area contributed by atoms with Gasteiger partial charge in [0.25, 0.3) is 0 Å². The fourth-order valence-corrected chi connectivity index (χ4v) is 4.53. The molecule has 0 fully saturated rings. The van der Waals surface area contributed by atoms with Crippen molar-refractivity contribution in [3.63, 3.8) is 0 Å². The Bertz CT molecular complexity index is 969. The predicted octanol–water partition coefficient (Wildman–Crippen LogP) is 3.43. The standard InChI is InChI=1S/C23H29N3O4S/c1-14(2)23(29)26-11-5-6-16-8-9-17(12-18(16)26)25-22(28)21(27)24-13-19(30-4)20-10-7-15(3)31-20/h7-10,12,14,19H,5-6,11,13H2,1-4H3,(H,24,27)(H,25,28)/t19-/m0/s1. The van der Waals surface area contributed by atoms with Crippen molar-refractivity contribution in [2.45, 2.75) is 39.7 Å². The number of nitrogens with zero attached hydrogens (tertiary/aromatic N) is 1. The third-order valence-electron chi connectivity index (χ3n) is 5.24. The van der Waals surface area contributed by atoms with E-state index in [9.17, 15) is 14.4 Å². The summed E-state index contributed by atoms with van der Waals surface area (Å²) in [5, 5.41) is 5.27. The van der Waals surface area contributed by atoms with Gasteiger partial charge in [-0.1, -0.05) is 19.9 Å². The van der Waals surface area contributed by atoms with Gasteiger partial charge in [-0.2, -0.15) is 0 Å². The second-order valence-corrected chi connectivity index (χ2v) is 9.25. The maximum absolute atomic E-state index is 12.6. The number of benzene rings is 1. The molecular weight excluding hydrogens is 414 g/mol. The highest BCUT2D eigenvalue weighted by atomic mass is 32.1. The minimum atomic E-state index is -0.755. The number of rotatable bonds is 6. The Kier molecular flexibility index (Phi) is 7.46. The first-order chi connectivity index (χ1) is 14.8. The molecule has 0 saturated heterocycles. The maximum atomic E-state index is 12.6. The molecule has 0 unspecified atom stereocenters. The number of carbonyl (C=O) groups excluding carboxylic acids is 3. The Balaban J connectivity index is 1.64. The second-order valence-electron chi connectivity index (χ2n) is 7.93. The third kappa shape index (κ3) is 5.51. The molecule has 8 heteroatoms. The zero-order valence-corrected chi connectivity index (χ0v) is 19.2. The van der Waals surface area contributed by atoms with E-state index in [1.165, 1.54) is 0 Å². The topological polar surface area (TPSA) is 87.7 Å². The molecule has 1 atom stereocenters. The summed E-state index contributed by atoms with van der Waals surface area (Å²) in [6.07, 6.45) is 1.48. The summed E-state index contributed by atoms with van der Waals surface area (Å²) >= 11 is 1.59. The number of aryl methyl sites for hydroxylation is 2. The first kappa shape index (κ1) is 23.0. The Morgan fingerprint density at radius 1 is 1.16 bits per heavy atom. The van der Waals surface area contributed by atoms with Crippen LogP contribution in [0.1, 0.15) is 41.7 Å². The molecule has 0 bridgehead atoms. The molecule has 1 aliphatic rings. The first-order valence-electron chi connectivity index (χ1n) is 10.4. The number of nitrogens with one attached hydrogen (secondary N) is 2. The minimum Gasteiger partial charge on any atom is -0.374 e. The molecule has 7 nitrogen and oxygen atoms in total. The highest BCUT2D eigenvalue weighted by Crippen LogP contribution is 2.31. The van der Waals surface area contributed by atoms with Crippen LogP contribution in [0.4, 0.5) is 11.4 Å². The van der Waals surface area contributed by atoms with Crippen LogP contribution in [-0.4, -0.2) is 37.9 Å². The molecule has 2 heterocycles. The van der Waals surface area contributed by atoms with Crippen molar-refractivity contribution in [3.05, 3.63) is 45.6 Å². The number of methoxy groups -OCH3 is 1. The van der Waals surface area contributed by atoms with Crippen molar-refractivity contribution in [1.82, 2.24) is 5.32 Å². The lowest BCUT2D eigenvalue weighted by Crippen LogP contribution is -2.39. The van der Waals surface area contributed by atoms with Gasteiger partial charge in [0, 0.05) is 47.2 Å². The van der Waals surface area contributed by atoms with Crippen molar-refractivity contribution < 1.29 is 19.1 Å². The van der Waals surface area contributed by atoms with E-state index < -0.39 is 11.8 Å². The van der Waals surface area contributed by atoms with Crippen molar-refractivity contribution in [1.29, 1.82) is 0 Å². The molecule has 3 rings (SSSR count). The molecule has 166 valence electrons. The minimum absolute atomic E-state index is 0.0524. The number of fused-ring (bicyclic) bond motifs is 1. The first-order valence-corrected chi connectivity index (χ1v) is 11.2. The third-order valence-corrected chi connectivity index (χ3v) is 6.33. The highest BCUT2D eigenvalue weighted by molar-refractivity contribution is 7.12. The van der Waals surface area contributed by atoms with Gasteiger partial charge >= 0.3 is 11.8 Å². The highest BCUT2D eigenvalue weighted by Gasteiger charge is 2.25. The average Bonchev–Trinajstić information content (AvgIpc) is 3.18. The molecule has 31 heavy (non-hydrogen) atoms. The van der Waals surface area contributed by atoms with Crippen LogP contribution in [0, 0.1) is 12.8 Å². The van der Waals surface area contributed by atoms with Gasteiger partial charge in [-0.25, -0.2) is 0 Å². The Labute approximate surface area is 186 Å². The molecule has 0 radical (unpaired) electrons. The molecule has 0 aliphatic carbocycles. The molecule has 1 aliphatic heterocycles. The van der Waals surface area contributed by atoms with E-state index in [1.807, 2.05) is 39.0 Å². The summed E-state index contributed by atoms with van der Waals surface area (Å²) in [7, 11) is 1.57. The van der Waals surface area contributed by atoms with Crippen LogP contribution < -0.4 is 15.5 Å². The van der Waals surface area contributed by atoms with Crippen molar-refractivity contribution in [2.24, 2.45) is 5.92 Å². The number of hydrogen-bond donors (Lipinski definition) is 2. The lowest BCUT2D eigenvalue weighted by molar-refractivity contribution is -0.136. The van der Waals surface area contributed by atoms with Crippen LogP contribution >= 0.6 is 11.3 Å². The van der Waals surface area contributed by atoms with Gasteiger partial charge in [0.1, 0.15) is 6.10 Å². The summed E-state index contributed by atoms with van der Waals surface area (Å²) in [5.41, 5.74) is 2.35. The lowest BCUT2D eigenvalue weighted by Gasteiger charge is -2.31. The molecular formula is C23H29N3O4S. The maximum Gasteiger partial charge on any atom is 0.313 e. The van der Waals surface area contributed by atoms with Gasteiger partial charge < -0.3 is 20.3 Å². The predicted molar refractivity (Wildman–Crippen MR) is 122 cm³/mol. The van der Waals surface area contributed by atoms with Crippen LogP contribution in [0.15, 0.2) is 30.3 Å². The lowest BCUT2D eigenvalue weighted by atomic mass is 9.99. The Hall–Kier alpha value is -2.71. The van der Waals surface area contributed by atoms with Crippen molar-refractivity contribution >= 4 is 40.4 Å². The van der Waals surface area contributed by atoms with Gasteiger partial charge in [0.2, 0.25) is 5.91 Å². The van der Waals surface area contributed by atoms with Crippen LogP contribution in [0.5, 0.6) is 0 Å². The van der Waals surface area contributed by atoms with Gasteiger partial charge in [0.05, 0.1) is 0 Å². The van der Waals surface area contributed by atoms with E-state index in [2.05, 4.69) is 10.6 Å². The summed E-state index contributed by atoms with van der Waals surface area (Å²) in [5.74, 6) is -1.55. The Morgan fingerprint density at radius 2 is 1.94 bits per heavy atom. The SMILES string of the molecule is CO[C@@H](CNC(=O)C(=O)Nc1ccc2c(c1)N(C(=O)C(C)C)CCC2)c1ccc(C)s1. The number of hydrogen-bond acceptors (Lipinski definition) is 5. The molecule has 0 spiro atoms. The number of anilines is 2. The smallest absolute Gasteiger partial charge is 0.313 e. The number of thiophene rings is 1. The van der Waals surface area contributed by atoms with E-state index in [4.69, 9.17) is 4.74 Å². The summed E-state index contributed by atoms with van der Waals surface area (Å²) in [4.78, 5) is 41.2.